The highest BCUT2D eigenvalue weighted by Gasteiger charge is 2.27. The largest absolute Gasteiger partial charge is 0.493 e. The Morgan fingerprint density at radius 3 is 2.40 bits per heavy atom. The number of fused-ring (bicyclic) bond motifs is 2. The van der Waals surface area contributed by atoms with E-state index in [1.165, 1.54) is 0 Å². The summed E-state index contributed by atoms with van der Waals surface area (Å²) in [6.45, 7) is 4.11. The van der Waals surface area contributed by atoms with E-state index in [4.69, 9.17) is 19.2 Å². The molecular weight excluding hydrogens is 384 g/mol. The molecule has 30 heavy (non-hydrogen) atoms. The molecule has 0 atom stereocenters. The van der Waals surface area contributed by atoms with Crippen LogP contribution in [0.3, 0.4) is 0 Å². The van der Waals surface area contributed by atoms with Crippen LogP contribution in [0.4, 0.5) is 5.69 Å². The third-order valence-electron chi connectivity index (χ3n) is 5.41. The van der Waals surface area contributed by atoms with Crippen LogP contribution in [0.2, 0.25) is 0 Å². The van der Waals surface area contributed by atoms with Crippen molar-refractivity contribution in [2.75, 3.05) is 26.6 Å². The molecule has 1 N–H and O–H groups in total. The Bertz CT molecular complexity index is 1100. The Hall–Kier alpha value is -3.29. The Labute approximate surface area is 175 Å². The zero-order valence-electron chi connectivity index (χ0n) is 17.9. The van der Waals surface area contributed by atoms with Crippen LogP contribution in [0.5, 0.6) is 17.2 Å². The predicted molar refractivity (Wildman–Crippen MR) is 114 cm³/mol. The van der Waals surface area contributed by atoms with Crippen molar-refractivity contribution in [1.29, 1.82) is 0 Å². The zero-order chi connectivity index (χ0) is 21.4. The lowest BCUT2D eigenvalue weighted by molar-refractivity contribution is 0.102. The fraction of sp³-hybridized carbons (Fsp3) is 0.409. The normalized spacial score (nSPS) is 12.9. The van der Waals surface area contributed by atoms with Gasteiger partial charge < -0.3 is 19.5 Å². The van der Waals surface area contributed by atoms with E-state index in [-0.39, 0.29) is 11.9 Å². The summed E-state index contributed by atoms with van der Waals surface area (Å²) >= 11 is 0. The SMILES string of the molecule is COc1cc(NC(=O)c2c3c(nc4c2cnn4C(C)C)CCC3)cc(OC)c1OC. The Balaban J connectivity index is 1.80. The maximum atomic E-state index is 13.4. The molecule has 1 aliphatic rings. The average molecular weight is 410 g/mol. The Morgan fingerprint density at radius 2 is 1.80 bits per heavy atom. The van der Waals surface area contributed by atoms with Crippen molar-refractivity contribution >= 4 is 22.6 Å². The molecule has 8 heteroatoms. The smallest absolute Gasteiger partial charge is 0.256 e. The minimum atomic E-state index is -0.196. The van der Waals surface area contributed by atoms with Gasteiger partial charge in [0.2, 0.25) is 5.75 Å². The van der Waals surface area contributed by atoms with Crippen molar-refractivity contribution in [3.63, 3.8) is 0 Å². The summed E-state index contributed by atoms with van der Waals surface area (Å²) in [5.41, 5.74) is 3.95. The first-order valence-corrected chi connectivity index (χ1v) is 9.98. The molecule has 8 nitrogen and oxygen atoms in total. The second kappa shape index (κ2) is 7.85. The summed E-state index contributed by atoms with van der Waals surface area (Å²) in [5, 5.41) is 8.25. The highest BCUT2D eigenvalue weighted by atomic mass is 16.5. The molecule has 2 aromatic heterocycles. The number of amides is 1. The van der Waals surface area contributed by atoms with Gasteiger partial charge in [0, 0.05) is 29.6 Å². The first-order chi connectivity index (χ1) is 14.5. The van der Waals surface area contributed by atoms with Crippen molar-refractivity contribution in [2.24, 2.45) is 0 Å². The maximum absolute atomic E-state index is 13.4. The first kappa shape index (κ1) is 20.0. The van der Waals surface area contributed by atoms with Crippen molar-refractivity contribution in [2.45, 2.75) is 39.2 Å². The van der Waals surface area contributed by atoms with Crippen LogP contribution in [0.15, 0.2) is 18.3 Å². The van der Waals surface area contributed by atoms with Crippen LogP contribution in [-0.2, 0) is 12.8 Å². The van der Waals surface area contributed by atoms with E-state index in [1.54, 1.807) is 39.7 Å². The van der Waals surface area contributed by atoms with Gasteiger partial charge in [0.1, 0.15) is 0 Å². The highest BCUT2D eigenvalue weighted by molar-refractivity contribution is 6.13. The number of carbonyl (C=O) groups excluding carboxylic acids is 1. The van der Waals surface area contributed by atoms with Crippen LogP contribution >= 0.6 is 0 Å². The summed E-state index contributed by atoms with van der Waals surface area (Å²) in [5.74, 6) is 1.23. The van der Waals surface area contributed by atoms with Gasteiger partial charge in [-0.3, -0.25) is 4.79 Å². The van der Waals surface area contributed by atoms with Crippen molar-refractivity contribution < 1.29 is 19.0 Å². The molecule has 0 saturated carbocycles. The maximum Gasteiger partial charge on any atom is 0.256 e. The quantitative estimate of drug-likeness (QED) is 0.665. The molecule has 1 aliphatic carbocycles. The minimum Gasteiger partial charge on any atom is -0.493 e. The lowest BCUT2D eigenvalue weighted by Crippen LogP contribution is -2.16. The van der Waals surface area contributed by atoms with Crippen LogP contribution in [0, 0.1) is 0 Å². The molecule has 4 rings (SSSR count). The monoisotopic (exact) mass is 410 g/mol. The summed E-state index contributed by atoms with van der Waals surface area (Å²) < 4.78 is 18.0. The van der Waals surface area contributed by atoms with Gasteiger partial charge in [0.05, 0.1) is 38.5 Å². The fourth-order valence-corrected chi connectivity index (χ4v) is 4.04. The number of ether oxygens (including phenoxy) is 3. The lowest BCUT2D eigenvalue weighted by atomic mass is 10.0. The first-order valence-electron chi connectivity index (χ1n) is 9.98. The molecule has 0 fully saturated rings. The standard InChI is InChI=1S/C22H26N4O4/c1-12(2)26-21-15(11-23-26)19(14-7-6-8-16(14)25-21)22(27)24-13-9-17(28-3)20(30-5)18(10-13)29-4/h9-12H,6-8H2,1-5H3,(H,24,27). The van der Waals surface area contributed by atoms with Gasteiger partial charge >= 0.3 is 0 Å². The third-order valence-corrected chi connectivity index (χ3v) is 5.41. The number of aromatic nitrogens is 3. The van der Waals surface area contributed by atoms with Gasteiger partial charge in [-0.15, -0.1) is 0 Å². The molecule has 2 heterocycles. The summed E-state index contributed by atoms with van der Waals surface area (Å²) in [6, 6.07) is 3.59. The molecule has 0 aliphatic heterocycles. The molecular formula is C22H26N4O4. The number of methoxy groups -OCH3 is 3. The number of rotatable bonds is 6. The number of benzene rings is 1. The number of pyridine rings is 1. The molecule has 0 saturated heterocycles. The van der Waals surface area contributed by atoms with Gasteiger partial charge in [-0.25, -0.2) is 9.67 Å². The number of carbonyl (C=O) groups is 1. The molecule has 0 unspecified atom stereocenters. The summed E-state index contributed by atoms with van der Waals surface area (Å²) in [4.78, 5) is 18.3. The molecule has 0 radical (unpaired) electrons. The predicted octanol–water partition coefficient (Wildman–Crippen LogP) is 3.78. The topological polar surface area (TPSA) is 87.5 Å². The van der Waals surface area contributed by atoms with Gasteiger partial charge in [-0.05, 0) is 38.7 Å². The minimum absolute atomic E-state index is 0.153. The number of nitrogens with one attached hydrogen (secondary N) is 1. The third kappa shape index (κ3) is 3.22. The van der Waals surface area contributed by atoms with Crippen LogP contribution in [0.25, 0.3) is 11.0 Å². The number of hydrogen-bond acceptors (Lipinski definition) is 6. The van der Waals surface area contributed by atoms with Crippen LogP contribution in [0.1, 0.15) is 47.9 Å². The van der Waals surface area contributed by atoms with Crippen LogP contribution < -0.4 is 19.5 Å². The number of anilines is 1. The molecule has 0 spiro atoms. The van der Waals surface area contributed by atoms with E-state index < -0.39 is 0 Å². The van der Waals surface area contributed by atoms with Crippen LogP contribution in [-0.4, -0.2) is 42.0 Å². The Morgan fingerprint density at radius 1 is 1.10 bits per heavy atom. The fourth-order valence-electron chi connectivity index (χ4n) is 4.04. The van der Waals surface area contributed by atoms with E-state index in [2.05, 4.69) is 24.3 Å². The molecule has 158 valence electrons. The van der Waals surface area contributed by atoms with E-state index in [0.717, 1.165) is 41.6 Å². The number of aryl methyl sites for hydroxylation is 1. The van der Waals surface area contributed by atoms with Gasteiger partial charge in [0.15, 0.2) is 17.1 Å². The Kier molecular flexibility index (Phi) is 5.24. The number of nitrogens with zero attached hydrogens (tertiary/aromatic N) is 3. The highest BCUT2D eigenvalue weighted by Crippen LogP contribution is 2.40. The van der Waals surface area contributed by atoms with Gasteiger partial charge in [0.25, 0.3) is 5.91 Å². The van der Waals surface area contributed by atoms with Crippen molar-refractivity contribution in [3.05, 3.63) is 35.2 Å². The van der Waals surface area contributed by atoms with Crippen molar-refractivity contribution in [3.8, 4) is 17.2 Å². The van der Waals surface area contributed by atoms with E-state index in [9.17, 15) is 4.79 Å². The molecule has 1 aromatic carbocycles. The average Bonchev–Trinajstić information content (AvgIpc) is 3.37. The second-order valence-corrected chi connectivity index (χ2v) is 7.55. The second-order valence-electron chi connectivity index (χ2n) is 7.55. The molecule has 3 aromatic rings. The number of hydrogen-bond donors (Lipinski definition) is 1. The van der Waals surface area contributed by atoms with E-state index in [0.29, 0.717) is 28.5 Å². The van der Waals surface area contributed by atoms with E-state index >= 15 is 0 Å². The van der Waals surface area contributed by atoms with Gasteiger partial charge in [-0.1, -0.05) is 0 Å². The lowest BCUT2D eigenvalue weighted by Gasteiger charge is -2.16. The summed E-state index contributed by atoms with van der Waals surface area (Å²) in [7, 11) is 4.63. The molecule has 1 amide bonds. The zero-order valence-corrected chi connectivity index (χ0v) is 17.9. The van der Waals surface area contributed by atoms with Gasteiger partial charge in [-0.2, -0.15) is 5.10 Å². The van der Waals surface area contributed by atoms with Crippen molar-refractivity contribution in [1.82, 2.24) is 14.8 Å². The van der Waals surface area contributed by atoms with E-state index in [1.807, 2.05) is 4.68 Å². The summed E-state index contributed by atoms with van der Waals surface area (Å²) in [6.07, 6.45) is 4.45. The molecule has 0 bridgehead atoms.